The third kappa shape index (κ3) is 3.43. The standard InChI is InChI=1S/C9H9ClF2O2S/c1-2-6-3-7(5-15(10,13)14)9(12)8(11)4-6/h3-4H,2,5H2,1H3. The van der Waals surface area contributed by atoms with Crippen LogP contribution in [0.25, 0.3) is 0 Å². The molecule has 2 nitrogen and oxygen atoms in total. The Bertz CT molecular complexity index is 471. The number of halogens is 3. The van der Waals surface area contributed by atoms with Crippen LogP contribution in [-0.2, 0) is 21.2 Å². The zero-order valence-electron chi connectivity index (χ0n) is 7.93. The van der Waals surface area contributed by atoms with Crippen LogP contribution in [0, 0.1) is 11.6 Å². The van der Waals surface area contributed by atoms with Gasteiger partial charge in [0, 0.05) is 16.2 Å². The first-order valence-corrected chi connectivity index (χ1v) is 6.70. The van der Waals surface area contributed by atoms with Crippen LogP contribution >= 0.6 is 10.7 Å². The molecule has 0 aliphatic heterocycles. The molecule has 1 aromatic carbocycles. The highest BCUT2D eigenvalue weighted by atomic mass is 35.7. The summed E-state index contributed by atoms with van der Waals surface area (Å²) in [5.41, 5.74) is 0.297. The fraction of sp³-hybridized carbons (Fsp3) is 0.333. The van der Waals surface area contributed by atoms with Gasteiger partial charge in [-0.25, -0.2) is 17.2 Å². The van der Waals surface area contributed by atoms with Crippen molar-refractivity contribution in [2.75, 3.05) is 0 Å². The smallest absolute Gasteiger partial charge is 0.212 e. The fourth-order valence-electron chi connectivity index (χ4n) is 1.20. The quantitative estimate of drug-likeness (QED) is 0.777. The van der Waals surface area contributed by atoms with E-state index < -0.39 is 26.4 Å². The molecule has 6 heteroatoms. The minimum absolute atomic E-state index is 0.234. The van der Waals surface area contributed by atoms with Crippen LogP contribution in [0.1, 0.15) is 18.1 Å². The van der Waals surface area contributed by atoms with E-state index in [9.17, 15) is 17.2 Å². The molecule has 0 unspecified atom stereocenters. The lowest BCUT2D eigenvalue weighted by atomic mass is 10.1. The van der Waals surface area contributed by atoms with E-state index in [1.807, 2.05) is 0 Å². The Morgan fingerprint density at radius 1 is 1.33 bits per heavy atom. The number of hydrogen-bond acceptors (Lipinski definition) is 2. The van der Waals surface area contributed by atoms with Gasteiger partial charge in [-0.15, -0.1) is 0 Å². The van der Waals surface area contributed by atoms with E-state index in [1.54, 1.807) is 6.92 Å². The lowest BCUT2D eigenvalue weighted by Crippen LogP contribution is -2.02. The molecule has 0 aliphatic carbocycles. The van der Waals surface area contributed by atoms with Crippen molar-refractivity contribution >= 4 is 19.7 Å². The van der Waals surface area contributed by atoms with Gasteiger partial charge in [-0.2, -0.15) is 0 Å². The molecule has 0 atom stereocenters. The Balaban J connectivity index is 3.22. The van der Waals surface area contributed by atoms with Crippen molar-refractivity contribution in [3.63, 3.8) is 0 Å². The molecule has 0 aromatic heterocycles. The molecule has 0 amide bonds. The molecule has 0 N–H and O–H groups in total. The first-order chi connectivity index (χ1) is 6.83. The third-order valence-electron chi connectivity index (χ3n) is 1.90. The summed E-state index contributed by atoms with van der Waals surface area (Å²) in [4.78, 5) is 0. The van der Waals surface area contributed by atoms with Gasteiger partial charge < -0.3 is 0 Å². The van der Waals surface area contributed by atoms with Crippen molar-refractivity contribution in [3.8, 4) is 0 Å². The van der Waals surface area contributed by atoms with Gasteiger partial charge in [-0.05, 0) is 18.1 Å². The molecule has 15 heavy (non-hydrogen) atoms. The van der Waals surface area contributed by atoms with E-state index >= 15 is 0 Å². The summed E-state index contributed by atoms with van der Waals surface area (Å²) >= 11 is 0. The fourth-order valence-corrected chi connectivity index (χ4v) is 2.14. The molecule has 1 aromatic rings. The molecule has 0 bridgehead atoms. The first kappa shape index (κ1) is 12.4. The topological polar surface area (TPSA) is 34.1 Å². The number of aryl methyl sites for hydroxylation is 1. The summed E-state index contributed by atoms with van der Waals surface area (Å²) < 4.78 is 47.6. The van der Waals surface area contributed by atoms with Crippen molar-refractivity contribution in [3.05, 3.63) is 34.9 Å². The van der Waals surface area contributed by atoms with Gasteiger partial charge in [-0.1, -0.05) is 13.0 Å². The van der Waals surface area contributed by atoms with E-state index in [4.69, 9.17) is 10.7 Å². The van der Waals surface area contributed by atoms with Gasteiger partial charge >= 0.3 is 0 Å². The zero-order valence-corrected chi connectivity index (χ0v) is 9.50. The van der Waals surface area contributed by atoms with Crippen LogP contribution in [0.3, 0.4) is 0 Å². The predicted molar refractivity (Wildman–Crippen MR) is 54.2 cm³/mol. The van der Waals surface area contributed by atoms with Crippen LogP contribution in [-0.4, -0.2) is 8.42 Å². The van der Waals surface area contributed by atoms with Gasteiger partial charge in [-0.3, -0.25) is 0 Å². The second kappa shape index (κ2) is 4.45. The SMILES string of the molecule is CCc1cc(F)c(F)c(CS(=O)(=O)Cl)c1. The van der Waals surface area contributed by atoms with E-state index in [2.05, 4.69) is 0 Å². The molecular weight excluding hydrogens is 246 g/mol. The number of rotatable bonds is 3. The van der Waals surface area contributed by atoms with Crippen LogP contribution < -0.4 is 0 Å². The van der Waals surface area contributed by atoms with Crippen LogP contribution in [0.4, 0.5) is 8.78 Å². The Labute approximate surface area is 91.3 Å². The molecule has 0 heterocycles. The zero-order chi connectivity index (χ0) is 11.6. The lowest BCUT2D eigenvalue weighted by Gasteiger charge is -2.04. The highest BCUT2D eigenvalue weighted by Crippen LogP contribution is 2.19. The highest BCUT2D eigenvalue weighted by molar-refractivity contribution is 8.13. The Hall–Kier alpha value is -0.680. The maximum atomic E-state index is 13.2. The van der Waals surface area contributed by atoms with Gasteiger partial charge in [0.15, 0.2) is 11.6 Å². The maximum absolute atomic E-state index is 13.2. The highest BCUT2D eigenvalue weighted by Gasteiger charge is 2.15. The summed E-state index contributed by atoms with van der Waals surface area (Å²) in [7, 11) is 1.09. The van der Waals surface area contributed by atoms with Crippen LogP contribution in [0.2, 0.25) is 0 Å². The summed E-state index contributed by atoms with van der Waals surface area (Å²) in [6.07, 6.45) is 0.493. The van der Waals surface area contributed by atoms with Crippen molar-refractivity contribution in [1.82, 2.24) is 0 Å². The average molecular weight is 255 g/mol. The molecule has 0 aliphatic rings. The lowest BCUT2D eigenvalue weighted by molar-refractivity contribution is 0.500. The molecule has 0 fully saturated rings. The normalized spacial score (nSPS) is 11.7. The van der Waals surface area contributed by atoms with Crippen molar-refractivity contribution in [2.24, 2.45) is 0 Å². The van der Waals surface area contributed by atoms with Gasteiger partial charge in [0.1, 0.15) is 0 Å². The summed E-state index contributed by atoms with van der Waals surface area (Å²) in [5.74, 6) is -2.91. The maximum Gasteiger partial charge on any atom is 0.236 e. The molecule has 0 saturated carbocycles. The first-order valence-electron chi connectivity index (χ1n) is 4.22. The molecule has 84 valence electrons. The average Bonchev–Trinajstić information content (AvgIpc) is 2.10. The van der Waals surface area contributed by atoms with E-state index in [0.717, 1.165) is 6.07 Å². The van der Waals surface area contributed by atoms with Crippen LogP contribution in [0.5, 0.6) is 0 Å². The second-order valence-electron chi connectivity index (χ2n) is 3.09. The molecular formula is C9H9ClF2O2S. The summed E-state index contributed by atoms with van der Waals surface area (Å²) in [6, 6.07) is 2.35. The molecule has 0 saturated heterocycles. The predicted octanol–water partition coefficient (Wildman–Crippen LogP) is 2.60. The Morgan fingerprint density at radius 2 is 1.93 bits per heavy atom. The van der Waals surface area contributed by atoms with Crippen molar-refractivity contribution < 1.29 is 17.2 Å². The van der Waals surface area contributed by atoms with E-state index in [0.29, 0.717) is 12.0 Å². The molecule has 0 spiro atoms. The monoisotopic (exact) mass is 254 g/mol. The third-order valence-corrected chi connectivity index (χ3v) is 2.88. The van der Waals surface area contributed by atoms with Crippen molar-refractivity contribution in [1.29, 1.82) is 0 Å². The largest absolute Gasteiger partial charge is 0.236 e. The molecule has 0 radical (unpaired) electrons. The van der Waals surface area contributed by atoms with E-state index in [-0.39, 0.29) is 5.56 Å². The minimum Gasteiger partial charge on any atom is -0.212 e. The van der Waals surface area contributed by atoms with Gasteiger partial charge in [0.2, 0.25) is 9.05 Å². The number of benzene rings is 1. The Kier molecular flexibility index (Phi) is 3.67. The second-order valence-corrected chi connectivity index (χ2v) is 5.86. The van der Waals surface area contributed by atoms with Crippen molar-refractivity contribution in [2.45, 2.75) is 19.1 Å². The van der Waals surface area contributed by atoms with Gasteiger partial charge in [0.05, 0.1) is 5.75 Å². The van der Waals surface area contributed by atoms with Crippen LogP contribution in [0.15, 0.2) is 12.1 Å². The molecule has 1 rings (SSSR count). The summed E-state index contributed by atoms with van der Waals surface area (Å²) in [5, 5.41) is 0. The minimum atomic E-state index is -3.88. The summed E-state index contributed by atoms with van der Waals surface area (Å²) in [6.45, 7) is 1.76. The van der Waals surface area contributed by atoms with Gasteiger partial charge in [0.25, 0.3) is 0 Å². The van der Waals surface area contributed by atoms with E-state index in [1.165, 1.54) is 6.07 Å². The Morgan fingerprint density at radius 3 is 2.40 bits per heavy atom. The number of hydrogen-bond donors (Lipinski definition) is 0.